The molecule has 28 heavy (non-hydrogen) atoms. The fourth-order valence-corrected chi connectivity index (χ4v) is 2.73. The van der Waals surface area contributed by atoms with E-state index in [1.54, 1.807) is 7.11 Å². The van der Waals surface area contributed by atoms with Crippen LogP contribution in [0.1, 0.15) is 27.0 Å². The van der Waals surface area contributed by atoms with Gasteiger partial charge in [-0.3, -0.25) is 4.79 Å². The van der Waals surface area contributed by atoms with Crippen molar-refractivity contribution in [3.05, 3.63) is 83.2 Å². The minimum Gasteiger partial charge on any atom is -0.497 e. The van der Waals surface area contributed by atoms with Crippen LogP contribution in [0.25, 0.3) is 0 Å². The molecule has 0 radical (unpaired) electrons. The van der Waals surface area contributed by atoms with Crippen molar-refractivity contribution in [1.82, 2.24) is 15.3 Å². The van der Waals surface area contributed by atoms with E-state index in [1.807, 2.05) is 55.5 Å². The molecule has 1 aromatic heterocycles. The van der Waals surface area contributed by atoms with E-state index in [9.17, 15) is 4.79 Å². The summed E-state index contributed by atoms with van der Waals surface area (Å²) in [6.07, 6.45) is 3.91. The first-order valence-corrected chi connectivity index (χ1v) is 9.17. The number of carbonyl (C=O) groups is 1. The van der Waals surface area contributed by atoms with E-state index in [0.717, 1.165) is 23.3 Å². The molecule has 0 saturated heterocycles. The molecule has 6 nitrogen and oxygen atoms in total. The smallest absolute Gasteiger partial charge is 0.254 e. The second-order valence-electron chi connectivity index (χ2n) is 6.43. The topological polar surface area (TPSA) is 76.1 Å². The lowest BCUT2D eigenvalue weighted by molar-refractivity contribution is 0.0950. The molecular formula is C22H24N4O2. The minimum atomic E-state index is -0.187. The number of rotatable bonds is 8. The van der Waals surface area contributed by atoms with Crippen LogP contribution in [-0.2, 0) is 13.0 Å². The normalized spacial score (nSPS) is 10.4. The number of aromatic nitrogens is 2. The molecule has 0 spiro atoms. The fourth-order valence-electron chi connectivity index (χ4n) is 2.73. The SMILES string of the molecule is COc1ccc(CCNc2ncc(C(=O)NCc3ccccc3C)cn2)cc1. The van der Waals surface area contributed by atoms with Crippen molar-refractivity contribution < 1.29 is 9.53 Å². The summed E-state index contributed by atoms with van der Waals surface area (Å²) in [6, 6.07) is 15.9. The van der Waals surface area contributed by atoms with Crippen LogP contribution in [0.3, 0.4) is 0 Å². The number of nitrogens with zero attached hydrogens (tertiary/aromatic N) is 2. The Kier molecular flexibility index (Phi) is 6.57. The lowest BCUT2D eigenvalue weighted by atomic mass is 10.1. The lowest BCUT2D eigenvalue weighted by Crippen LogP contribution is -2.23. The zero-order valence-electron chi connectivity index (χ0n) is 16.1. The van der Waals surface area contributed by atoms with Crippen LogP contribution in [0.4, 0.5) is 5.95 Å². The molecule has 3 rings (SSSR count). The zero-order chi connectivity index (χ0) is 19.8. The third-order valence-electron chi connectivity index (χ3n) is 4.47. The van der Waals surface area contributed by atoms with Gasteiger partial charge in [0, 0.05) is 25.5 Å². The van der Waals surface area contributed by atoms with Gasteiger partial charge in [-0.15, -0.1) is 0 Å². The number of hydrogen-bond acceptors (Lipinski definition) is 5. The molecule has 0 unspecified atom stereocenters. The van der Waals surface area contributed by atoms with Gasteiger partial charge in [-0.1, -0.05) is 36.4 Å². The molecule has 3 aromatic rings. The third-order valence-corrected chi connectivity index (χ3v) is 4.47. The van der Waals surface area contributed by atoms with Gasteiger partial charge in [-0.05, 0) is 42.2 Å². The van der Waals surface area contributed by atoms with Gasteiger partial charge in [0.2, 0.25) is 5.95 Å². The Morgan fingerprint density at radius 2 is 1.75 bits per heavy atom. The van der Waals surface area contributed by atoms with E-state index in [0.29, 0.717) is 24.6 Å². The molecule has 1 amide bonds. The van der Waals surface area contributed by atoms with Gasteiger partial charge in [0.25, 0.3) is 5.91 Å². The van der Waals surface area contributed by atoms with Crippen LogP contribution >= 0.6 is 0 Å². The Morgan fingerprint density at radius 3 is 2.43 bits per heavy atom. The average Bonchev–Trinajstić information content (AvgIpc) is 2.74. The van der Waals surface area contributed by atoms with E-state index < -0.39 is 0 Å². The van der Waals surface area contributed by atoms with Gasteiger partial charge in [0.15, 0.2) is 0 Å². The summed E-state index contributed by atoms with van der Waals surface area (Å²) >= 11 is 0. The third kappa shape index (κ3) is 5.30. The standard InChI is InChI=1S/C22H24N4O2/c1-16-5-3-4-6-18(16)13-24-21(27)19-14-25-22(26-15-19)23-12-11-17-7-9-20(28-2)10-8-17/h3-10,14-15H,11-13H2,1-2H3,(H,24,27)(H,23,25,26). The number of hydrogen-bond donors (Lipinski definition) is 2. The Hall–Kier alpha value is -3.41. The Labute approximate surface area is 165 Å². The fraction of sp³-hybridized carbons (Fsp3) is 0.227. The number of methoxy groups -OCH3 is 1. The van der Waals surface area contributed by atoms with Crippen molar-refractivity contribution in [3.8, 4) is 5.75 Å². The molecule has 0 aliphatic carbocycles. The molecule has 6 heteroatoms. The van der Waals surface area contributed by atoms with Crippen molar-refractivity contribution >= 4 is 11.9 Å². The quantitative estimate of drug-likeness (QED) is 0.630. The number of ether oxygens (including phenoxy) is 1. The van der Waals surface area contributed by atoms with Crippen LogP contribution in [0.15, 0.2) is 60.9 Å². The minimum absolute atomic E-state index is 0.187. The average molecular weight is 376 g/mol. The van der Waals surface area contributed by atoms with E-state index in [2.05, 4.69) is 20.6 Å². The highest BCUT2D eigenvalue weighted by Crippen LogP contribution is 2.12. The molecule has 1 heterocycles. The van der Waals surface area contributed by atoms with Crippen molar-refractivity contribution in [1.29, 1.82) is 0 Å². The molecule has 0 saturated carbocycles. The maximum Gasteiger partial charge on any atom is 0.254 e. The van der Waals surface area contributed by atoms with Crippen LogP contribution in [0.2, 0.25) is 0 Å². The molecule has 0 bridgehead atoms. The second-order valence-corrected chi connectivity index (χ2v) is 6.43. The van der Waals surface area contributed by atoms with Gasteiger partial charge < -0.3 is 15.4 Å². The van der Waals surface area contributed by atoms with Gasteiger partial charge in [-0.2, -0.15) is 0 Å². The monoisotopic (exact) mass is 376 g/mol. The summed E-state index contributed by atoms with van der Waals surface area (Å²) < 4.78 is 5.15. The number of benzene rings is 2. The van der Waals surface area contributed by atoms with Crippen molar-refractivity contribution in [2.45, 2.75) is 19.9 Å². The van der Waals surface area contributed by atoms with Gasteiger partial charge >= 0.3 is 0 Å². The molecule has 2 N–H and O–H groups in total. The van der Waals surface area contributed by atoms with Crippen molar-refractivity contribution in [2.24, 2.45) is 0 Å². The highest BCUT2D eigenvalue weighted by Gasteiger charge is 2.08. The van der Waals surface area contributed by atoms with Crippen LogP contribution < -0.4 is 15.4 Å². The summed E-state index contributed by atoms with van der Waals surface area (Å²) in [4.78, 5) is 20.7. The van der Waals surface area contributed by atoms with Crippen LogP contribution in [-0.4, -0.2) is 29.5 Å². The number of aryl methyl sites for hydroxylation is 1. The highest BCUT2D eigenvalue weighted by atomic mass is 16.5. The maximum atomic E-state index is 12.3. The molecule has 0 aliphatic heterocycles. The van der Waals surface area contributed by atoms with Crippen LogP contribution in [0.5, 0.6) is 5.75 Å². The molecule has 144 valence electrons. The zero-order valence-corrected chi connectivity index (χ0v) is 16.1. The lowest BCUT2D eigenvalue weighted by Gasteiger charge is -2.08. The first kappa shape index (κ1) is 19.4. The van der Waals surface area contributed by atoms with Crippen molar-refractivity contribution in [2.75, 3.05) is 19.0 Å². The summed E-state index contributed by atoms with van der Waals surface area (Å²) in [7, 11) is 1.65. The molecule has 0 atom stereocenters. The molecule has 0 aliphatic rings. The number of amides is 1. The summed E-state index contributed by atoms with van der Waals surface area (Å²) in [5.74, 6) is 1.16. The molecular weight excluding hydrogens is 352 g/mol. The van der Waals surface area contributed by atoms with Gasteiger partial charge in [0.05, 0.1) is 12.7 Å². The first-order valence-electron chi connectivity index (χ1n) is 9.17. The van der Waals surface area contributed by atoms with Gasteiger partial charge in [-0.25, -0.2) is 9.97 Å². The highest BCUT2D eigenvalue weighted by molar-refractivity contribution is 5.93. The number of carbonyl (C=O) groups excluding carboxylic acids is 1. The molecule has 0 fully saturated rings. The van der Waals surface area contributed by atoms with Crippen molar-refractivity contribution in [3.63, 3.8) is 0 Å². The summed E-state index contributed by atoms with van der Waals surface area (Å²) in [5.41, 5.74) is 3.87. The van der Waals surface area contributed by atoms with E-state index in [-0.39, 0.29) is 5.91 Å². The molecule has 2 aromatic carbocycles. The largest absolute Gasteiger partial charge is 0.497 e. The maximum absolute atomic E-state index is 12.3. The van der Waals surface area contributed by atoms with Crippen LogP contribution in [0, 0.1) is 6.92 Å². The summed E-state index contributed by atoms with van der Waals surface area (Å²) in [5, 5.41) is 6.07. The summed E-state index contributed by atoms with van der Waals surface area (Å²) in [6.45, 7) is 3.20. The van der Waals surface area contributed by atoms with E-state index in [1.165, 1.54) is 18.0 Å². The number of nitrogens with one attached hydrogen (secondary N) is 2. The Morgan fingerprint density at radius 1 is 1.04 bits per heavy atom. The first-order chi connectivity index (χ1) is 13.7. The predicted octanol–water partition coefficient (Wildman–Crippen LogP) is 3.38. The Balaban J connectivity index is 1.47. The van der Waals surface area contributed by atoms with E-state index >= 15 is 0 Å². The van der Waals surface area contributed by atoms with Gasteiger partial charge in [0.1, 0.15) is 5.75 Å². The van der Waals surface area contributed by atoms with E-state index in [4.69, 9.17) is 4.74 Å². The second kappa shape index (κ2) is 9.50. The predicted molar refractivity (Wildman–Crippen MR) is 110 cm³/mol. The number of anilines is 1. The Bertz CT molecular complexity index is 909.